The molecule has 1 amide bonds. The Kier molecular flexibility index (Phi) is 4.47. The molecule has 1 aromatic carbocycles. The Labute approximate surface area is 123 Å². The highest BCUT2D eigenvalue weighted by atomic mass is 32.2. The quantitative estimate of drug-likeness (QED) is 0.894. The van der Waals surface area contributed by atoms with E-state index in [0.717, 1.165) is 29.8 Å². The first-order chi connectivity index (χ1) is 9.81. The first-order valence-electron chi connectivity index (χ1n) is 7.19. The third kappa shape index (κ3) is 3.46. The fourth-order valence-electron chi connectivity index (χ4n) is 2.59. The number of thioether (sulfide) groups is 1. The molecule has 0 saturated carbocycles. The number of rotatable bonds is 4. The maximum Gasteiger partial charge on any atom is 0.262 e. The Bertz CT molecular complexity index is 487. The Morgan fingerprint density at radius 2 is 2.35 bits per heavy atom. The van der Waals surface area contributed by atoms with Gasteiger partial charge in [-0.2, -0.15) is 11.8 Å². The van der Waals surface area contributed by atoms with Gasteiger partial charge in [0.2, 0.25) is 0 Å². The van der Waals surface area contributed by atoms with E-state index in [0.29, 0.717) is 0 Å². The van der Waals surface area contributed by atoms with Gasteiger partial charge in [0, 0.05) is 18.3 Å². The molecule has 1 atom stereocenters. The van der Waals surface area contributed by atoms with Crippen LogP contribution in [0.25, 0.3) is 0 Å². The number of hydrogen-bond acceptors (Lipinski definition) is 4. The SMILES string of the molecule is O=C1COc2ccc(CNCC3CCCCS3)cc2N1. The molecule has 1 fully saturated rings. The van der Waals surface area contributed by atoms with Crippen LogP contribution < -0.4 is 15.4 Å². The monoisotopic (exact) mass is 292 g/mol. The highest BCUT2D eigenvalue weighted by Gasteiger charge is 2.16. The van der Waals surface area contributed by atoms with Gasteiger partial charge in [-0.05, 0) is 36.3 Å². The van der Waals surface area contributed by atoms with Gasteiger partial charge in [-0.25, -0.2) is 0 Å². The van der Waals surface area contributed by atoms with Crippen molar-refractivity contribution in [3.8, 4) is 5.75 Å². The second-order valence-electron chi connectivity index (χ2n) is 5.29. The zero-order valence-corrected chi connectivity index (χ0v) is 12.3. The highest BCUT2D eigenvalue weighted by molar-refractivity contribution is 7.99. The van der Waals surface area contributed by atoms with Crippen molar-refractivity contribution in [2.75, 3.05) is 24.2 Å². The summed E-state index contributed by atoms with van der Waals surface area (Å²) in [7, 11) is 0. The van der Waals surface area contributed by atoms with Gasteiger partial charge in [-0.3, -0.25) is 4.79 Å². The summed E-state index contributed by atoms with van der Waals surface area (Å²) in [6.45, 7) is 2.01. The minimum atomic E-state index is -0.0822. The summed E-state index contributed by atoms with van der Waals surface area (Å²) in [5.74, 6) is 1.98. The standard InChI is InChI=1S/C15H20N2O2S/c18-15-10-19-14-5-4-11(7-13(14)17-15)8-16-9-12-3-1-2-6-20-12/h4-5,7,12,16H,1-3,6,8-10H2,(H,17,18). The summed E-state index contributed by atoms with van der Waals surface area (Å²) in [4.78, 5) is 11.3. The number of carbonyl (C=O) groups is 1. The summed E-state index contributed by atoms with van der Waals surface area (Å²) < 4.78 is 5.35. The van der Waals surface area contributed by atoms with E-state index in [4.69, 9.17) is 4.74 Å². The van der Waals surface area contributed by atoms with Gasteiger partial charge < -0.3 is 15.4 Å². The number of nitrogens with one attached hydrogen (secondary N) is 2. The molecule has 2 aliphatic rings. The first-order valence-corrected chi connectivity index (χ1v) is 8.24. The summed E-state index contributed by atoms with van der Waals surface area (Å²) in [6, 6.07) is 5.98. The fourth-order valence-corrected chi connectivity index (χ4v) is 3.86. The van der Waals surface area contributed by atoms with Gasteiger partial charge in [0.05, 0.1) is 5.69 Å². The van der Waals surface area contributed by atoms with Crippen molar-refractivity contribution in [2.45, 2.75) is 31.1 Å². The van der Waals surface area contributed by atoms with Crippen molar-refractivity contribution in [3.63, 3.8) is 0 Å². The molecule has 2 aliphatic heterocycles. The lowest BCUT2D eigenvalue weighted by Crippen LogP contribution is -2.27. The van der Waals surface area contributed by atoms with E-state index in [-0.39, 0.29) is 12.5 Å². The van der Waals surface area contributed by atoms with E-state index in [2.05, 4.69) is 28.5 Å². The molecular formula is C15H20N2O2S. The Morgan fingerprint density at radius 3 is 3.20 bits per heavy atom. The molecule has 1 unspecified atom stereocenters. The van der Waals surface area contributed by atoms with E-state index < -0.39 is 0 Å². The molecule has 2 heterocycles. The lowest BCUT2D eigenvalue weighted by molar-refractivity contribution is -0.118. The predicted octanol–water partition coefficient (Wildman–Crippen LogP) is 2.39. The molecule has 20 heavy (non-hydrogen) atoms. The van der Waals surface area contributed by atoms with Crippen LogP contribution in [0.4, 0.5) is 5.69 Å². The molecule has 0 radical (unpaired) electrons. The Morgan fingerprint density at radius 1 is 1.40 bits per heavy atom. The highest BCUT2D eigenvalue weighted by Crippen LogP contribution is 2.28. The second kappa shape index (κ2) is 6.50. The number of anilines is 1. The summed E-state index contributed by atoms with van der Waals surface area (Å²) in [5, 5.41) is 7.11. The van der Waals surface area contributed by atoms with Gasteiger partial charge in [0.25, 0.3) is 5.91 Å². The topological polar surface area (TPSA) is 50.4 Å². The first kappa shape index (κ1) is 13.8. The maximum absolute atomic E-state index is 11.3. The molecule has 0 spiro atoms. The molecule has 1 saturated heterocycles. The minimum absolute atomic E-state index is 0.0822. The normalized spacial score (nSPS) is 21.8. The van der Waals surface area contributed by atoms with Gasteiger partial charge >= 0.3 is 0 Å². The zero-order valence-electron chi connectivity index (χ0n) is 11.5. The van der Waals surface area contributed by atoms with E-state index in [1.54, 1.807) is 0 Å². The van der Waals surface area contributed by atoms with Crippen molar-refractivity contribution >= 4 is 23.4 Å². The summed E-state index contributed by atoms with van der Waals surface area (Å²) in [5.41, 5.74) is 1.96. The van der Waals surface area contributed by atoms with Crippen molar-refractivity contribution in [1.29, 1.82) is 0 Å². The van der Waals surface area contributed by atoms with Crippen molar-refractivity contribution in [3.05, 3.63) is 23.8 Å². The second-order valence-corrected chi connectivity index (χ2v) is 6.70. The van der Waals surface area contributed by atoms with Crippen LogP contribution in [0.5, 0.6) is 5.75 Å². The summed E-state index contributed by atoms with van der Waals surface area (Å²) in [6.07, 6.45) is 4.05. The van der Waals surface area contributed by atoms with Crippen LogP contribution in [0.2, 0.25) is 0 Å². The van der Waals surface area contributed by atoms with Crippen LogP contribution in [0.15, 0.2) is 18.2 Å². The lowest BCUT2D eigenvalue weighted by atomic mass is 10.1. The summed E-state index contributed by atoms with van der Waals surface area (Å²) >= 11 is 2.08. The number of benzene rings is 1. The number of carbonyl (C=O) groups excluding carboxylic acids is 1. The van der Waals surface area contributed by atoms with E-state index in [1.165, 1.54) is 30.6 Å². The molecule has 3 rings (SSSR count). The average Bonchev–Trinajstić information content (AvgIpc) is 2.48. The van der Waals surface area contributed by atoms with E-state index >= 15 is 0 Å². The third-order valence-corrected chi connectivity index (χ3v) is 5.05. The molecule has 0 aliphatic carbocycles. The smallest absolute Gasteiger partial charge is 0.262 e. The van der Waals surface area contributed by atoms with Crippen molar-refractivity contribution < 1.29 is 9.53 Å². The van der Waals surface area contributed by atoms with Gasteiger partial charge in [-0.1, -0.05) is 12.5 Å². The number of hydrogen-bond donors (Lipinski definition) is 2. The molecule has 4 nitrogen and oxygen atoms in total. The van der Waals surface area contributed by atoms with Crippen LogP contribution in [-0.2, 0) is 11.3 Å². The van der Waals surface area contributed by atoms with Gasteiger partial charge in [0.15, 0.2) is 6.61 Å². The number of amides is 1. The van der Waals surface area contributed by atoms with Crippen LogP contribution >= 0.6 is 11.8 Å². The van der Waals surface area contributed by atoms with E-state index in [9.17, 15) is 4.79 Å². The van der Waals surface area contributed by atoms with Crippen LogP contribution in [0, 0.1) is 0 Å². The molecule has 108 valence electrons. The van der Waals surface area contributed by atoms with E-state index in [1.807, 2.05) is 12.1 Å². The predicted molar refractivity (Wildman–Crippen MR) is 82.4 cm³/mol. The third-order valence-electron chi connectivity index (χ3n) is 3.65. The molecule has 5 heteroatoms. The van der Waals surface area contributed by atoms with Gasteiger partial charge in [-0.15, -0.1) is 0 Å². The minimum Gasteiger partial charge on any atom is -0.482 e. The Hall–Kier alpha value is -1.20. The fraction of sp³-hybridized carbons (Fsp3) is 0.533. The van der Waals surface area contributed by atoms with Crippen LogP contribution in [0.3, 0.4) is 0 Å². The van der Waals surface area contributed by atoms with Crippen molar-refractivity contribution in [1.82, 2.24) is 5.32 Å². The van der Waals surface area contributed by atoms with Gasteiger partial charge in [0.1, 0.15) is 5.75 Å². The number of ether oxygens (including phenoxy) is 1. The maximum atomic E-state index is 11.3. The molecule has 1 aromatic rings. The molecule has 2 N–H and O–H groups in total. The molecule has 0 aromatic heterocycles. The largest absolute Gasteiger partial charge is 0.482 e. The molecular weight excluding hydrogens is 272 g/mol. The van der Waals surface area contributed by atoms with Crippen molar-refractivity contribution in [2.24, 2.45) is 0 Å². The zero-order chi connectivity index (χ0) is 13.8. The number of fused-ring (bicyclic) bond motifs is 1. The lowest BCUT2D eigenvalue weighted by Gasteiger charge is -2.22. The Balaban J connectivity index is 1.52. The van der Waals surface area contributed by atoms with Crippen LogP contribution in [0.1, 0.15) is 24.8 Å². The average molecular weight is 292 g/mol. The van der Waals surface area contributed by atoms with Crippen LogP contribution in [-0.4, -0.2) is 30.1 Å². The molecule has 0 bridgehead atoms.